The van der Waals surface area contributed by atoms with Gasteiger partial charge in [-0.3, -0.25) is 0 Å². The van der Waals surface area contributed by atoms with Gasteiger partial charge in [0, 0.05) is 5.56 Å². The second-order valence-corrected chi connectivity index (χ2v) is 5.57. The van der Waals surface area contributed by atoms with Gasteiger partial charge in [-0.1, -0.05) is 46.3 Å². The lowest BCUT2D eigenvalue weighted by atomic mass is 9.98. The largest absolute Gasteiger partial charge is 0.492 e. The summed E-state index contributed by atoms with van der Waals surface area (Å²) in [5, 5.41) is 2.36. The van der Waals surface area contributed by atoms with Crippen molar-refractivity contribution in [3.63, 3.8) is 0 Å². The van der Waals surface area contributed by atoms with Crippen LogP contribution >= 0.6 is 27.5 Å². The van der Waals surface area contributed by atoms with Crippen molar-refractivity contribution in [2.24, 2.45) is 0 Å². The van der Waals surface area contributed by atoms with E-state index in [9.17, 15) is 0 Å². The van der Waals surface area contributed by atoms with E-state index in [-0.39, 0.29) is 10.2 Å². The van der Waals surface area contributed by atoms with Gasteiger partial charge in [0.05, 0.1) is 10.2 Å². The lowest BCUT2D eigenvalue weighted by Gasteiger charge is -2.27. The van der Waals surface area contributed by atoms with Crippen LogP contribution in [0.4, 0.5) is 0 Å². The molecule has 0 radical (unpaired) electrons. The van der Waals surface area contributed by atoms with Gasteiger partial charge in [0.2, 0.25) is 0 Å². The van der Waals surface area contributed by atoms with Crippen molar-refractivity contribution in [3.05, 3.63) is 42.0 Å². The first-order chi connectivity index (χ1) is 7.77. The molecule has 2 unspecified atom stereocenters. The zero-order valence-corrected chi connectivity index (χ0v) is 10.8. The zero-order valence-electron chi connectivity index (χ0n) is 8.49. The molecule has 0 aromatic heterocycles. The van der Waals surface area contributed by atoms with E-state index in [0.717, 1.165) is 11.3 Å². The number of ether oxygens (including phenoxy) is 1. The van der Waals surface area contributed by atoms with Gasteiger partial charge < -0.3 is 4.74 Å². The second kappa shape index (κ2) is 3.94. The molecule has 0 N–H and O–H groups in total. The molecule has 1 heterocycles. The SMILES string of the molecule is ClC1c2c(ccc3ccccc23)OCC1Br. The quantitative estimate of drug-likeness (QED) is 0.660. The molecule has 2 aromatic rings. The number of alkyl halides is 2. The molecule has 82 valence electrons. The molecule has 0 saturated heterocycles. The number of hydrogen-bond donors (Lipinski definition) is 0. The van der Waals surface area contributed by atoms with Crippen molar-refractivity contribution in [2.45, 2.75) is 10.2 Å². The van der Waals surface area contributed by atoms with E-state index in [2.05, 4.69) is 34.1 Å². The van der Waals surface area contributed by atoms with E-state index < -0.39 is 0 Å². The van der Waals surface area contributed by atoms with Crippen molar-refractivity contribution < 1.29 is 4.74 Å². The van der Waals surface area contributed by atoms with Crippen LogP contribution in [0.15, 0.2) is 36.4 Å². The van der Waals surface area contributed by atoms with Gasteiger partial charge in [0.1, 0.15) is 12.4 Å². The predicted molar refractivity (Wildman–Crippen MR) is 70.8 cm³/mol. The number of hydrogen-bond acceptors (Lipinski definition) is 1. The van der Waals surface area contributed by atoms with E-state index >= 15 is 0 Å². The predicted octanol–water partition coefficient (Wildman–Crippen LogP) is 4.28. The minimum Gasteiger partial charge on any atom is -0.492 e. The van der Waals surface area contributed by atoms with E-state index in [4.69, 9.17) is 16.3 Å². The van der Waals surface area contributed by atoms with Crippen LogP contribution in [0.1, 0.15) is 10.9 Å². The van der Waals surface area contributed by atoms with Crippen molar-refractivity contribution in [1.29, 1.82) is 0 Å². The summed E-state index contributed by atoms with van der Waals surface area (Å²) in [7, 11) is 0. The lowest BCUT2D eigenvalue weighted by Crippen LogP contribution is -2.23. The molecule has 3 heteroatoms. The van der Waals surface area contributed by atoms with Gasteiger partial charge in [0.15, 0.2) is 0 Å². The maximum atomic E-state index is 6.45. The van der Waals surface area contributed by atoms with Gasteiger partial charge in [-0.2, -0.15) is 0 Å². The average Bonchev–Trinajstić information content (AvgIpc) is 2.33. The van der Waals surface area contributed by atoms with E-state index in [1.54, 1.807) is 0 Å². The van der Waals surface area contributed by atoms with E-state index in [1.165, 1.54) is 10.8 Å². The highest BCUT2D eigenvalue weighted by Gasteiger charge is 2.28. The number of fused-ring (bicyclic) bond motifs is 3. The molecule has 3 rings (SSSR count). The fourth-order valence-electron chi connectivity index (χ4n) is 2.12. The topological polar surface area (TPSA) is 9.23 Å². The van der Waals surface area contributed by atoms with Crippen LogP contribution in [0.5, 0.6) is 5.75 Å². The summed E-state index contributed by atoms with van der Waals surface area (Å²) in [5.41, 5.74) is 1.10. The van der Waals surface area contributed by atoms with E-state index in [1.807, 2.05) is 18.2 Å². The number of rotatable bonds is 0. The third kappa shape index (κ3) is 1.52. The summed E-state index contributed by atoms with van der Waals surface area (Å²) in [6, 6.07) is 12.3. The highest BCUT2D eigenvalue weighted by molar-refractivity contribution is 9.09. The number of benzene rings is 2. The van der Waals surface area contributed by atoms with Crippen LogP contribution in [-0.4, -0.2) is 11.4 Å². The normalized spacial score (nSPS) is 23.9. The lowest BCUT2D eigenvalue weighted by molar-refractivity contribution is 0.295. The van der Waals surface area contributed by atoms with Crippen LogP contribution in [-0.2, 0) is 0 Å². The van der Waals surface area contributed by atoms with Gasteiger partial charge in [0.25, 0.3) is 0 Å². The molecule has 0 spiro atoms. The maximum Gasteiger partial charge on any atom is 0.124 e. The Morgan fingerprint density at radius 1 is 1.19 bits per heavy atom. The first-order valence-electron chi connectivity index (χ1n) is 5.20. The fourth-order valence-corrected chi connectivity index (χ4v) is 2.81. The Labute approximate surface area is 107 Å². The summed E-state index contributed by atoms with van der Waals surface area (Å²) in [6.07, 6.45) is 0. The van der Waals surface area contributed by atoms with E-state index in [0.29, 0.717) is 6.61 Å². The standard InChI is InChI=1S/C13H10BrClO/c14-10-7-16-11-6-5-8-3-1-2-4-9(8)12(11)13(10)15/h1-6,10,13H,7H2. The minimum atomic E-state index is -0.0325. The molecule has 2 atom stereocenters. The Bertz CT molecular complexity index is 540. The molecule has 2 aromatic carbocycles. The molecule has 1 aliphatic rings. The van der Waals surface area contributed by atoms with Gasteiger partial charge in [-0.25, -0.2) is 0 Å². The molecule has 16 heavy (non-hydrogen) atoms. The van der Waals surface area contributed by atoms with Crippen LogP contribution in [0, 0.1) is 0 Å². The summed E-state index contributed by atoms with van der Waals surface area (Å²) in [4.78, 5) is 0.174. The van der Waals surface area contributed by atoms with Crippen LogP contribution in [0.25, 0.3) is 10.8 Å². The summed E-state index contributed by atoms with van der Waals surface area (Å²) in [6.45, 7) is 0.625. The molecule has 1 aliphatic heterocycles. The monoisotopic (exact) mass is 296 g/mol. The van der Waals surface area contributed by atoms with Crippen molar-refractivity contribution >= 4 is 38.3 Å². The van der Waals surface area contributed by atoms with Crippen LogP contribution < -0.4 is 4.74 Å². The Balaban J connectivity index is 2.32. The van der Waals surface area contributed by atoms with Crippen molar-refractivity contribution in [2.75, 3.05) is 6.61 Å². The highest BCUT2D eigenvalue weighted by atomic mass is 79.9. The third-order valence-electron chi connectivity index (χ3n) is 2.92. The summed E-state index contributed by atoms with van der Waals surface area (Å²) >= 11 is 10.0. The van der Waals surface area contributed by atoms with Crippen LogP contribution in [0.2, 0.25) is 0 Å². The Kier molecular flexibility index (Phi) is 2.56. The second-order valence-electron chi connectivity index (χ2n) is 3.93. The van der Waals surface area contributed by atoms with Gasteiger partial charge in [-0.05, 0) is 16.8 Å². The van der Waals surface area contributed by atoms with Crippen molar-refractivity contribution in [3.8, 4) is 5.75 Å². The first kappa shape index (κ1) is 10.4. The maximum absolute atomic E-state index is 6.45. The van der Waals surface area contributed by atoms with Crippen molar-refractivity contribution in [1.82, 2.24) is 0 Å². The Morgan fingerprint density at radius 3 is 2.88 bits per heavy atom. The van der Waals surface area contributed by atoms with Gasteiger partial charge >= 0.3 is 0 Å². The smallest absolute Gasteiger partial charge is 0.124 e. The fraction of sp³-hybridized carbons (Fsp3) is 0.231. The minimum absolute atomic E-state index is 0.0325. The Hall–Kier alpha value is -0.730. The summed E-state index contributed by atoms with van der Waals surface area (Å²) in [5.74, 6) is 0.911. The average molecular weight is 298 g/mol. The molecule has 0 aliphatic carbocycles. The molecule has 0 saturated carbocycles. The summed E-state index contributed by atoms with van der Waals surface area (Å²) < 4.78 is 5.68. The van der Waals surface area contributed by atoms with Crippen LogP contribution in [0.3, 0.4) is 0 Å². The molecular weight excluding hydrogens is 287 g/mol. The molecule has 0 fully saturated rings. The molecule has 0 amide bonds. The zero-order chi connectivity index (χ0) is 11.1. The third-order valence-corrected chi connectivity index (χ3v) is 4.54. The Morgan fingerprint density at radius 2 is 2.00 bits per heavy atom. The van der Waals surface area contributed by atoms with Gasteiger partial charge in [-0.15, -0.1) is 11.6 Å². The number of halogens is 2. The molecule has 0 bridgehead atoms. The first-order valence-corrected chi connectivity index (χ1v) is 6.55. The molecule has 1 nitrogen and oxygen atoms in total. The molecular formula is C13H10BrClO. The highest BCUT2D eigenvalue weighted by Crippen LogP contribution is 2.43.